The summed E-state index contributed by atoms with van der Waals surface area (Å²) in [5, 5.41) is 10.4. The lowest BCUT2D eigenvalue weighted by atomic mass is 9.97. The van der Waals surface area contributed by atoms with Gasteiger partial charge in [0.25, 0.3) is 5.56 Å². The van der Waals surface area contributed by atoms with E-state index in [-0.39, 0.29) is 11.7 Å². The lowest BCUT2D eigenvalue weighted by Gasteiger charge is -2.10. The first-order chi connectivity index (χ1) is 14.5. The third-order valence-corrected chi connectivity index (χ3v) is 7.73. The first-order valence-corrected chi connectivity index (χ1v) is 12.1. The van der Waals surface area contributed by atoms with Crippen LogP contribution in [0, 0.1) is 0 Å². The fraction of sp³-hybridized carbons (Fsp3) is 0.409. The minimum atomic E-state index is 0.0431. The Hall–Kier alpha value is -2.32. The maximum absolute atomic E-state index is 13.0. The molecule has 0 unspecified atom stereocenters. The molecule has 1 aromatic carbocycles. The maximum Gasteiger partial charge on any atom is 0.263 e. The molecule has 0 N–H and O–H groups in total. The number of nitrogens with zero attached hydrogens (tertiary/aromatic N) is 4. The van der Waals surface area contributed by atoms with Crippen LogP contribution in [-0.2, 0) is 25.6 Å². The number of fused-ring (bicyclic) bond motifs is 5. The van der Waals surface area contributed by atoms with Crippen LogP contribution in [0.15, 0.2) is 34.2 Å². The highest BCUT2D eigenvalue weighted by atomic mass is 32.2. The first-order valence-electron chi connectivity index (χ1n) is 10.3. The van der Waals surface area contributed by atoms with E-state index in [9.17, 15) is 4.79 Å². The minimum absolute atomic E-state index is 0.0431. The van der Waals surface area contributed by atoms with Gasteiger partial charge in [-0.1, -0.05) is 23.9 Å². The van der Waals surface area contributed by atoms with E-state index in [0.717, 1.165) is 46.1 Å². The monoisotopic (exact) mass is 440 g/mol. The number of ether oxygens (including phenoxy) is 1. The summed E-state index contributed by atoms with van der Waals surface area (Å²) in [6.45, 7) is 4.05. The van der Waals surface area contributed by atoms with Crippen molar-refractivity contribution in [3.63, 3.8) is 0 Å². The highest BCUT2D eigenvalue weighted by molar-refractivity contribution is 7.98. The van der Waals surface area contributed by atoms with Crippen LogP contribution in [0.2, 0.25) is 0 Å². The fourth-order valence-electron chi connectivity index (χ4n) is 4.02. The number of benzene rings is 1. The van der Waals surface area contributed by atoms with Crippen LogP contribution >= 0.6 is 23.1 Å². The van der Waals surface area contributed by atoms with Gasteiger partial charge in [-0.15, -0.1) is 21.5 Å². The van der Waals surface area contributed by atoms with Gasteiger partial charge in [0.1, 0.15) is 10.6 Å². The van der Waals surface area contributed by atoms with Crippen LogP contribution in [0.25, 0.3) is 16.0 Å². The molecule has 4 aromatic rings. The molecule has 3 heterocycles. The quantitative estimate of drug-likeness (QED) is 0.425. The normalized spacial score (nSPS) is 14.0. The Kier molecular flexibility index (Phi) is 5.06. The summed E-state index contributed by atoms with van der Waals surface area (Å²) in [5.41, 5.74) is 2.48. The molecule has 5 rings (SSSR count). The van der Waals surface area contributed by atoms with E-state index in [0.29, 0.717) is 5.78 Å². The number of rotatable bonds is 5. The topological polar surface area (TPSA) is 61.4 Å². The van der Waals surface area contributed by atoms with Crippen molar-refractivity contribution in [2.75, 3.05) is 0 Å². The smallest absolute Gasteiger partial charge is 0.263 e. The van der Waals surface area contributed by atoms with Crippen molar-refractivity contribution in [1.82, 2.24) is 19.2 Å². The molecular formula is C22H24N4O2S2. The largest absolute Gasteiger partial charge is 0.491 e. The van der Waals surface area contributed by atoms with Crippen molar-refractivity contribution < 1.29 is 4.74 Å². The van der Waals surface area contributed by atoms with Crippen molar-refractivity contribution in [2.45, 2.75) is 56.5 Å². The molecule has 0 fully saturated rings. The summed E-state index contributed by atoms with van der Waals surface area (Å²) in [6.07, 6.45) is 4.57. The molecule has 0 atom stereocenters. The summed E-state index contributed by atoms with van der Waals surface area (Å²) in [4.78, 5) is 15.4. The number of thiophene rings is 1. The Morgan fingerprint density at radius 3 is 2.70 bits per heavy atom. The summed E-state index contributed by atoms with van der Waals surface area (Å²) in [7, 11) is 1.79. The van der Waals surface area contributed by atoms with Gasteiger partial charge >= 0.3 is 0 Å². The lowest BCUT2D eigenvalue weighted by Crippen LogP contribution is -2.20. The van der Waals surface area contributed by atoms with Crippen molar-refractivity contribution in [1.29, 1.82) is 0 Å². The zero-order valence-corrected chi connectivity index (χ0v) is 19.0. The Bertz CT molecular complexity index is 1280. The fourth-order valence-corrected chi connectivity index (χ4v) is 6.35. The highest BCUT2D eigenvalue weighted by Crippen LogP contribution is 2.36. The number of hydrogen-bond acceptors (Lipinski definition) is 6. The van der Waals surface area contributed by atoms with Gasteiger partial charge in [0.15, 0.2) is 5.16 Å². The molecule has 1 aliphatic carbocycles. The maximum atomic E-state index is 13.0. The average Bonchev–Trinajstić information content (AvgIpc) is 3.32. The number of hydrogen-bond donors (Lipinski definition) is 0. The van der Waals surface area contributed by atoms with E-state index in [2.05, 4.69) is 26.7 Å². The molecule has 0 aliphatic heterocycles. The molecule has 0 radical (unpaired) electrons. The summed E-state index contributed by atoms with van der Waals surface area (Å²) in [5.74, 6) is 2.26. The third-order valence-electron chi connectivity index (χ3n) is 5.45. The molecule has 0 amide bonds. The SMILES string of the molecule is CC(C)Oc1ccc(CSc2nnc3n(C)c(=O)c4c5c(sc4n23)CCCC5)cc1. The second-order valence-corrected chi connectivity index (χ2v) is 10.00. The Morgan fingerprint density at radius 1 is 1.17 bits per heavy atom. The molecule has 0 bridgehead atoms. The average molecular weight is 441 g/mol. The molecule has 30 heavy (non-hydrogen) atoms. The standard InChI is InChI=1S/C22H24N4O2S2/c1-13(2)28-15-10-8-14(9-11-15)12-29-22-24-23-21-25(3)19(27)18-16-6-4-5-7-17(16)30-20(18)26(21)22/h8-11,13H,4-7,12H2,1-3H3. The summed E-state index contributed by atoms with van der Waals surface area (Å²) in [6, 6.07) is 8.19. The van der Waals surface area contributed by atoms with Crippen LogP contribution in [0.1, 0.15) is 42.7 Å². The third kappa shape index (κ3) is 3.32. The van der Waals surface area contributed by atoms with Gasteiger partial charge in [-0.05, 0) is 62.8 Å². The van der Waals surface area contributed by atoms with Crippen molar-refractivity contribution >= 4 is 39.1 Å². The van der Waals surface area contributed by atoms with Gasteiger partial charge in [-0.2, -0.15) is 0 Å². The second-order valence-electron chi connectivity index (χ2n) is 7.97. The molecule has 0 spiro atoms. The molecule has 156 valence electrons. The Morgan fingerprint density at radius 2 is 1.93 bits per heavy atom. The summed E-state index contributed by atoms with van der Waals surface area (Å²) >= 11 is 3.38. The van der Waals surface area contributed by atoms with Crippen LogP contribution < -0.4 is 10.3 Å². The van der Waals surface area contributed by atoms with Crippen LogP contribution in [0.5, 0.6) is 5.75 Å². The van der Waals surface area contributed by atoms with Crippen molar-refractivity contribution in [2.24, 2.45) is 7.05 Å². The Labute approximate surface area is 182 Å². The number of aryl methyl sites for hydroxylation is 3. The van der Waals surface area contributed by atoms with Gasteiger partial charge in [-0.25, -0.2) is 4.40 Å². The van der Waals surface area contributed by atoms with Gasteiger partial charge in [-0.3, -0.25) is 9.36 Å². The lowest BCUT2D eigenvalue weighted by molar-refractivity contribution is 0.242. The molecule has 3 aromatic heterocycles. The van der Waals surface area contributed by atoms with Crippen molar-refractivity contribution in [3.8, 4) is 5.75 Å². The predicted octanol–water partition coefficient (Wildman–Crippen LogP) is 4.60. The molecular weight excluding hydrogens is 416 g/mol. The van der Waals surface area contributed by atoms with Crippen LogP contribution in [0.3, 0.4) is 0 Å². The number of aromatic nitrogens is 4. The Balaban J connectivity index is 1.52. The summed E-state index contributed by atoms with van der Waals surface area (Å²) < 4.78 is 9.43. The highest BCUT2D eigenvalue weighted by Gasteiger charge is 2.23. The van der Waals surface area contributed by atoms with E-state index in [1.807, 2.05) is 26.0 Å². The van der Waals surface area contributed by atoms with E-state index >= 15 is 0 Å². The van der Waals surface area contributed by atoms with Gasteiger partial charge < -0.3 is 4.74 Å². The van der Waals surface area contributed by atoms with Crippen LogP contribution in [-0.4, -0.2) is 25.3 Å². The van der Waals surface area contributed by atoms with Crippen molar-refractivity contribution in [3.05, 3.63) is 50.6 Å². The minimum Gasteiger partial charge on any atom is -0.491 e. The van der Waals surface area contributed by atoms with E-state index in [1.54, 1.807) is 34.7 Å². The molecule has 6 nitrogen and oxygen atoms in total. The van der Waals surface area contributed by atoms with Gasteiger partial charge in [0, 0.05) is 17.7 Å². The number of thioether (sulfide) groups is 1. The predicted molar refractivity (Wildman–Crippen MR) is 122 cm³/mol. The molecule has 0 saturated heterocycles. The molecule has 1 aliphatic rings. The molecule has 8 heteroatoms. The van der Waals surface area contributed by atoms with E-state index in [4.69, 9.17) is 4.74 Å². The van der Waals surface area contributed by atoms with Gasteiger partial charge in [0.05, 0.1) is 11.5 Å². The zero-order valence-electron chi connectivity index (χ0n) is 17.3. The zero-order chi connectivity index (χ0) is 20.8. The molecule has 0 saturated carbocycles. The van der Waals surface area contributed by atoms with Crippen LogP contribution in [0.4, 0.5) is 0 Å². The van der Waals surface area contributed by atoms with Gasteiger partial charge in [0.2, 0.25) is 5.78 Å². The second kappa shape index (κ2) is 7.74. The first kappa shape index (κ1) is 19.6. The van der Waals surface area contributed by atoms with E-state index < -0.39 is 0 Å². The van der Waals surface area contributed by atoms with E-state index in [1.165, 1.54) is 22.4 Å².